The molecule has 0 aliphatic carbocycles. The fraction of sp³-hybridized carbons (Fsp3) is 0.111. The predicted octanol–water partition coefficient (Wildman–Crippen LogP) is 5.51. The minimum Gasteiger partial charge on any atom is -0.438 e. The molecule has 1 fully saturated rings. The normalized spacial score (nSPS) is 14.8. The molecule has 8 heteroatoms. The molecule has 1 aliphatic heterocycles. The Morgan fingerprint density at radius 3 is 2.46 bits per heavy atom. The number of rotatable bonds is 5. The van der Waals surface area contributed by atoms with Crippen molar-refractivity contribution in [3.63, 3.8) is 0 Å². The van der Waals surface area contributed by atoms with Crippen molar-refractivity contribution >= 4 is 45.9 Å². The number of thiocarbonyl (C=S) groups is 1. The number of aryl methyl sites for hydroxylation is 2. The van der Waals surface area contributed by atoms with E-state index in [9.17, 15) is 9.59 Å². The number of hydrogen-bond acceptors (Lipinski definition) is 6. The lowest BCUT2D eigenvalue weighted by atomic mass is 10.2. The Morgan fingerprint density at radius 1 is 0.971 bits per heavy atom. The van der Waals surface area contributed by atoms with E-state index in [0.29, 0.717) is 27.2 Å². The molecule has 0 spiro atoms. The Hall–Kier alpha value is -3.75. The maximum absolute atomic E-state index is 13.6. The summed E-state index contributed by atoms with van der Waals surface area (Å²) in [6.07, 6.45) is 3.20. The second-order valence-electron chi connectivity index (χ2n) is 8.14. The monoisotopic (exact) mass is 499 g/mol. The number of carbonyl (C=O) groups excluding carboxylic acids is 1. The summed E-state index contributed by atoms with van der Waals surface area (Å²) in [7, 11) is 0. The molecule has 0 saturated carbocycles. The summed E-state index contributed by atoms with van der Waals surface area (Å²) < 4.78 is 8.05. The number of ether oxygens (including phenoxy) is 1. The molecule has 0 bridgehead atoms. The molecule has 0 radical (unpaired) electrons. The van der Waals surface area contributed by atoms with Crippen LogP contribution < -0.4 is 10.3 Å². The minimum atomic E-state index is -0.324. The van der Waals surface area contributed by atoms with Gasteiger partial charge in [0.25, 0.3) is 11.5 Å². The van der Waals surface area contributed by atoms with E-state index < -0.39 is 0 Å². The summed E-state index contributed by atoms with van der Waals surface area (Å²) in [4.78, 5) is 33.4. The predicted molar refractivity (Wildman–Crippen MR) is 143 cm³/mol. The molecular formula is C27H21N3O3S2. The smallest absolute Gasteiger partial charge is 0.269 e. The second kappa shape index (κ2) is 9.48. The molecule has 6 nitrogen and oxygen atoms in total. The van der Waals surface area contributed by atoms with Crippen LogP contribution in [0, 0.1) is 13.8 Å². The van der Waals surface area contributed by atoms with E-state index in [0.717, 1.165) is 16.7 Å². The van der Waals surface area contributed by atoms with Crippen molar-refractivity contribution in [3.05, 3.63) is 110 Å². The molecule has 4 aromatic rings. The standard InChI is InChI=1S/C27H21N3O3S2/c1-17-9-6-7-13-21(17)33-24-20(25(31)29-14-8-10-18(2)23(29)28-24)15-22-26(32)30(27(34)35-22)16-19-11-4-3-5-12-19/h3-15H,16H2,1-2H3/b22-15+. The van der Waals surface area contributed by atoms with Gasteiger partial charge in [0.15, 0.2) is 0 Å². The summed E-state index contributed by atoms with van der Waals surface area (Å²) in [5.74, 6) is 0.481. The van der Waals surface area contributed by atoms with Gasteiger partial charge >= 0.3 is 0 Å². The molecule has 1 saturated heterocycles. The van der Waals surface area contributed by atoms with Gasteiger partial charge in [0, 0.05) is 6.20 Å². The lowest BCUT2D eigenvalue weighted by molar-refractivity contribution is -0.122. The van der Waals surface area contributed by atoms with Gasteiger partial charge in [-0.3, -0.25) is 18.9 Å². The highest BCUT2D eigenvalue weighted by Gasteiger charge is 2.33. The number of nitrogens with zero attached hydrogens (tertiary/aromatic N) is 3. The molecule has 0 unspecified atom stereocenters. The summed E-state index contributed by atoms with van der Waals surface area (Å²) in [6.45, 7) is 4.17. The third kappa shape index (κ3) is 4.50. The number of amides is 1. The van der Waals surface area contributed by atoms with Gasteiger partial charge in [0.2, 0.25) is 5.88 Å². The van der Waals surface area contributed by atoms with Crippen LogP contribution in [0.1, 0.15) is 22.3 Å². The number of benzene rings is 2. The fourth-order valence-electron chi connectivity index (χ4n) is 3.80. The van der Waals surface area contributed by atoms with Crippen molar-refractivity contribution in [2.75, 3.05) is 0 Å². The first-order chi connectivity index (χ1) is 16.9. The number of thioether (sulfide) groups is 1. The highest BCUT2D eigenvalue weighted by Crippen LogP contribution is 2.35. The van der Waals surface area contributed by atoms with E-state index in [4.69, 9.17) is 17.0 Å². The number of aromatic nitrogens is 2. The highest BCUT2D eigenvalue weighted by molar-refractivity contribution is 8.26. The lowest BCUT2D eigenvalue weighted by Gasteiger charge is -2.14. The maximum Gasteiger partial charge on any atom is 0.269 e. The molecule has 1 amide bonds. The molecule has 35 heavy (non-hydrogen) atoms. The van der Waals surface area contributed by atoms with Crippen molar-refractivity contribution in [2.24, 2.45) is 0 Å². The van der Waals surface area contributed by atoms with Gasteiger partial charge in [-0.2, -0.15) is 4.98 Å². The average Bonchev–Trinajstić information content (AvgIpc) is 3.11. The molecule has 174 valence electrons. The number of para-hydroxylation sites is 1. The van der Waals surface area contributed by atoms with E-state index in [1.165, 1.54) is 16.2 Å². The molecule has 5 rings (SSSR count). The van der Waals surface area contributed by atoms with Crippen molar-refractivity contribution < 1.29 is 9.53 Å². The Morgan fingerprint density at radius 2 is 1.69 bits per heavy atom. The number of pyridine rings is 1. The SMILES string of the molecule is Cc1ccccc1Oc1nc2c(C)cccn2c(=O)c1/C=C1/SC(=S)N(Cc2ccccc2)C1=O. The molecular weight excluding hydrogens is 478 g/mol. The molecule has 0 N–H and O–H groups in total. The zero-order chi connectivity index (χ0) is 24.5. The van der Waals surface area contributed by atoms with Crippen molar-refractivity contribution in [2.45, 2.75) is 20.4 Å². The van der Waals surface area contributed by atoms with E-state index in [2.05, 4.69) is 4.98 Å². The Kier molecular flexibility index (Phi) is 6.23. The highest BCUT2D eigenvalue weighted by atomic mass is 32.2. The number of hydrogen-bond donors (Lipinski definition) is 0. The van der Waals surface area contributed by atoms with Crippen molar-refractivity contribution in [1.29, 1.82) is 0 Å². The lowest BCUT2D eigenvalue weighted by Crippen LogP contribution is -2.27. The molecule has 2 aromatic heterocycles. The van der Waals surface area contributed by atoms with Crippen molar-refractivity contribution in [3.8, 4) is 11.6 Å². The number of carbonyl (C=O) groups is 1. The first-order valence-corrected chi connectivity index (χ1v) is 12.2. The van der Waals surface area contributed by atoms with E-state index >= 15 is 0 Å². The molecule has 3 heterocycles. The van der Waals surface area contributed by atoms with Gasteiger partial charge in [-0.1, -0.05) is 78.6 Å². The topological polar surface area (TPSA) is 63.9 Å². The third-order valence-electron chi connectivity index (χ3n) is 5.68. The molecule has 1 aliphatic rings. The van der Waals surface area contributed by atoms with Crippen LogP contribution in [-0.2, 0) is 11.3 Å². The Labute approximate surface area is 211 Å². The molecule has 0 atom stereocenters. The Bertz CT molecular complexity index is 1560. The minimum absolute atomic E-state index is 0.145. The zero-order valence-electron chi connectivity index (χ0n) is 19.1. The third-order valence-corrected chi connectivity index (χ3v) is 7.06. The van der Waals surface area contributed by atoms with Crippen LogP contribution in [0.4, 0.5) is 0 Å². The molecule has 2 aromatic carbocycles. The van der Waals surface area contributed by atoms with Gasteiger partial charge in [-0.25, -0.2) is 0 Å². The van der Waals surface area contributed by atoms with Crippen LogP contribution in [0.25, 0.3) is 11.7 Å². The first-order valence-electron chi connectivity index (χ1n) is 11.0. The second-order valence-corrected chi connectivity index (χ2v) is 9.82. The van der Waals surface area contributed by atoms with Crippen molar-refractivity contribution in [1.82, 2.24) is 14.3 Å². The summed E-state index contributed by atoms with van der Waals surface area (Å²) in [5, 5.41) is 0. The summed E-state index contributed by atoms with van der Waals surface area (Å²) >= 11 is 6.66. The largest absolute Gasteiger partial charge is 0.438 e. The quantitative estimate of drug-likeness (QED) is 0.267. The van der Waals surface area contributed by atoms with Gasteiger partial charge in [0.1, 0.15) is 21.3 Å². The van der Waals surface area contributed by atoms with Crippen LogP contribution in [0.5, 0.6) is 11.6 Å². The Balaban J connectivity index is 1.60. The number of fused-ring (bicyclic) bond motifs is 1. The van der Waals surface area contributed by atoms with E-state index in [-0.39, 0.29) is 22.9 Å². The van der Waals surface area contributed by atoms with Crippen LogP contribution in [0.2, 0.25) is 0 Å². The first kappa shape index (κ1) is 23.0. The van der Waals surface area contributed by atoms with Gasteiger partial charge < -0.3 is 4.74 Å². The zero-order valence-corrected chi connectivity index (χ0v) is 20.7. The fourth-order valence-corrected chi connectivity index (χ4v) is 5.04. The van der Waals surface area contributed by atoms with Crippen LogP contribution in [0.15, 0.2) is 82.6 Å². The van der Waals surface area contributed by atoms with Gasteiger partial charge in [-0.05, 0) is 48.7 Å². The van der Waals surface area contributed by atoms with Crippen LogP contribution in [-0.4, -0.2) is 24.5 Å². The van der Waals surface area contributed by atoms with Gasteiger partial charge in [0.05, 0.1) is 11.4 Å². The van der Waals surface area contributed by atoms with Crippen LogP contribution in [0.3, 0.4) is 0 Å². The maximum atomic E-state index is 13.6. The van der Waals surface area contributed by atoms with Gasteiger partial charge in [-0.15, -0.1) is 0 Å². The van der Waals surface area contributed by atoms with E-state index in [1.807, 2.05) is 74.5 Å². The van der Waals surface area contributed by atoms with Crippen LogP contribution >= 0.6 is 24.0 Å². The average molecular weight is 500 g/mol. The summed E-state index contributed by atoms with van der Waals surface area (Å²) in [5.41, 5.74) is 3.07. The summed E-state index contributed by atoms with van der Waals surface area (Å²) in [6, 6.07) is 20.8. The van der Waals surface area contributed by atoms with E-state index in [1.54, 1.807) is 23.2 Å².